The van der Waals surface area contributed by atoms with E-state index in [0.717, 1.165) is 30.8 Å². The molecule has 1 aliphatic rings. The fourth-order valence-corrected chi connectivity index (χ4v) is 2.45. The second kappa shape index (κ2) is 5.17. The number of aryl methyl sites for hydroxylation is 1. The molecule has 0 unspecified atom stereocenters. The molecule has 1 fully saturated rings. The van der Waals surface area contributed by atoms with Crippen LogP contribution in [0.1, 0.15) is 25.0 Å². The van der Waals surface area contributed by atoms with E-state index in [-0.39, 0.29) is 17.9 Å². The number of nitrogens with one attached hydrogen (secondary N) is 2. The summed E-state index contributed by atoms with van der Waals surface area (Å²) in [5.74, 6) is 1.07. The predicted molar refractivity (Wildman–Crippen MR) is 67.8 cm³/mol. The van der Waals surface area contributed by atoms with Crippen molar-refractivity contribution < 1.29 is 4.79 Å². The number of anilines is 1. The summed E-state index contributed by atoms with van der Waals surface area (Å²) in [5, 5.41) is 6.11. The summed E-state index contributed by atoms with van der Waals surface area (Å²) >= 11 is 0. The van der Waals surface area contributed by atoms with E-state index in [1.807, 2.05) is 25.1 Å². The first-order valence-electron chi connectivity index (χ1n) is 6.12. The molecule has 2 N–H and O–H groups in total. The number of rotatable bonds is 3. The molecular formula is C13H19N3O. The van der Waals surface area contributed by atoms with E-state index < -0.39 is 0 Å². The molecule has 2 atom stereocenters. The zero-order chi connectivity index (χ0) is 12.3. The molecule has 0 bridgehead atoms. The topological polar surface area (TPSA) is 54.0 Å². The van der Waals surface area contributed by atoms with Crippen LogP contribution in [-0.4, -0.2) is 24.0 Å². The predicted octanol–water partition coefficient (Wildman–Crippen LogP) is 1.72. The van der Waals surface area contributed by atoms with Crippen molar-refractivity contribution in [3.8, 4) is 0 Å². The van der Waals surface area contributed by atoms with E-state index in [9.17, 15) is 4.79 Å². The molecule has 4 heteroatoms. The van der Waals surface area contributed by atoms with Crippen LogP contribution in [-0.2, 0) is 4.79 Å². The Morgan fingerprint density at radius 1 is 1.41 bits per heavy atom. The lowest BCUT2D eigenvalue weighted by molar-refractivity contribution is -0.124. The summed E-state index contributed by atoms with van der Waals surface area (Å²) < 4.78 is 0. The Balaban J connectivity index is 2.05. The van der Waals surface area contributed by atoms with E-state index in [1.165, 1.54) is 0 Å². The smallest absolute Gasteiger partial charge is 0.224 e. The molecule has 1 aliphatic carbocycles. The number of carbonyl (C=O) groups is 1. The third-order valence-corrected chi connectivity index (χ3v) is 3.32. The number of hydrogen-bond acceptors (Lipinski definition) is 3. The molecule has 1 aromatic rings. The van der Waals surface area contributed by atoms with Crippen molar-refractivity contribution in [3.63, 3.8) is 0 Å². The molecule has 0 spiro atoms. The van der Waals surface area contributed by atoms with Crippen LogP contribution in [0.25, 0.3) is 0 Å². The van der Waals surface area contributed by atoms with E-state index in [4.69, 9.17) is 0 Å². The monoisotopic (exact) mass is 233 g/mol. The SMILES string of the molecule is CNC(=O)[C@@H]1CCC[C@H]1Nc1cccc(C)n1. The van der Waals surface area contributed by atoms with Gasteiger partial charge in [0.25, 0.3) is 0 Å². The first kappa shape index (κ1) is 11.9. The number of nitrogens with zero attached hydrogens (tertiary/aromatic N) is 1. The molecule has 0 radical (unpaired) electrons. The molecule has 1 amide bonds. The highest BCUT2D eigenvalue weighted by atomic mass is 16.1. The van der Waals surface area contributed by atoms with E-state index in [0.29, 0.717) is 0 Å². The minimum absolute atomic E-state index is 0.0716. The lowest BCUT2D eigenvalue weighted by Gasteiger charge is -2.20. The van der Waals surface area contributed by atoms with Crippen LogP contribution in [0.2, 0.25) is 0 Å². The van der Waals surface area contributed by atoms with Gasteiger partial charge in [0, 0.05) is 18.8 Å². The highest BCUT2D eigenvalue weighted by Crippen LogP contribution is 2.28. The molecule has 92 valence electrons. The Morgan fingerprint density at radius 3 is 2.94 bits per heavy atom. The molecule has 1 aromatic heterocycles. The average molecular weight is 233 g/mol. The molecule has 0 aliphatic heterocycles. The van der Waals surface area contributed by atoms with Gasteiger partial charge in [0.2, 0.25) is 5.91 Å². The number of carbonyl (C=O) groups excluding carboxylic acids is 1. The van der Waals surface area contributed by atoms with Crippen LogP contribution in [0, 0.1) is 12.8 Å². The fourth-order valence-electron chi connectivity index (χ4n) is 2.45. The molecule has 1 heterocycles. The minimum Gasteiger partial charge on any atom is -0.367 e. The van der Waals surface area contributed by atoms with Crippen LogP contribution in [0.15, 0.2) is 18.2 Å². The van der Waals surface area contributed by atoms with Crippen molar-refractivity contribution in [2.45, 2.75) is 32.2 Å². The van der Waals surface area contributed by atoms with E-state index >= 15 is 0 Å². The quantitative estimate of drug-likeness (QED) is 0.835. The average Bonchev–Trinajstić information content (AvgIpc) is 2.76. The van der Waals surface area contributed by atoms with Gasteiger partial charge >= 0.3 is 0 Å². The van der Waals surface area contributed by atoms with Crippen molar-refractivity contribution in [3.05, 3.63) is 23.9 Å². The van der Waals surface area contributed by atoms with Gasteiger partial charge in [-0.3, -0.25) is 4.79 Å². The highest BCUT2D eigenvalue weighted by molar-refractivity contribution is 5.79. The first-order chi connectivity index (χ1) is 8.20. The highest BCUT2D eigenvalue weighted by Gasteiger charge is 2.32. The zero-order valence-electron chi connectivity index (χ0n) is 10.4. The number of pyridine rings is 1. The van der Waals surface area contributed by atoms with Gasteiger partial charge in [0.1, 0.15) is 5.82 Å². The van der Waals surface area contributed by atoms with Crippen molar-refractivity contribution in [1.29, 1.82) is 0 Å². The van der Waals surface area contributed by atoms with Gasteiger partial charge in [0.05, 0.1) is 5.92 Å². The third kappa shape index (κ3) is 2.75. The fraction of sp³-hybridized carbons (Fsp3) is 0.538. The van der Waals surface area contributed by atoms with Gasteiger partial charge in [-0.15, -0.1) is 0 Å². The zero-order valence-corrected chi connectivity index (χ0v) is 10.4. The summed E-state index contributed by atoms with van der Waals surface area (Å²) in [7, 11) is 1.70. The lowest BCUT2D eigenvalue weighted by atomic mass is 10.0. The summed E-state index contributed by atoms with van der Waals surface area (Å²) in [6, 6.07) is 6.11. The Labute approximate surface area is 102 Å². The van der Waals surface area contributed by atoms with Gasteiger partial charge < -0.3 is 10.6 Å². The molecular weight excluding hydrogens is 214 g/mol. The van der Waals surface area contributed by atoms with E-state index in [2.05, 4.69) is 15.6 Å². The second-order valence-electron chi connectivity index (χ2n) is 4.57. The maximum Gasteiger partial charge on any atom is 0.224 e. The number of aromatic nitrogens is 1. The van der Waals surface area contributed by atoms with Crippen LogP contribution < -0.4 is 10.6 Å². The van der Waals surface area contributed by atoms with Gasteiger partial charge in [-0.2, -0.15) is 0 Å². The summed E-state index contributed by atoms with van der Waals surface area (Å²) in [5.41, 5.74) is 0.990. The second-order valence-corrected chi connectivity index (χ2v) is 4.57. The summed E-state index contributed by atoms with van der Waals surface area (Å²) in [6.07, 6.45) is 3.10. The standard InChI is InChI=1S/C13H19N3O/c1-9-5-3-8-12(15-9)16-11-7-4-6-10(11)13(17)14-2/h3,5,8,10-11H,4,6-7H2,1-2H3,(H,14,17)(H,15,16)/t10-,11-/m1/s1. The molecule has 2 rings (SSSR count). The van der Waals surface area contributed by atoms with Crippen molar-refractivity contribution in [1.82, 2.24) is 10.3 Å². The van der Waals surface area contributed by atoms with Crippen LogP contribution in [0.5, 0.6) is 0 Å². The Hall–Kier alpha value is -1.58. The van der Waals surface area contributed by atoms with Gasteiger partial charge in [-0.25, -0.2) is 4.98 Å². The first-order valence-corrected chi connectivity index (χ1v) is 6.12. The number of amides is 1. The van der Waals surface area contributed by atoms with Crippen molar-refractivity contribution in [2.24, 2.45) is 5.92 Å². The van der Waals surface area contributed by atoms with Crippen LogP contribution in [0.4, 0.5) is 5.82 Å². The van der Waals surface area contributed by atoms with Crippen LogP contribution >= 0.6 is 0 Å². The van der Waals surface area contributed by atoms with Gasteiger partial charge in [0.15, 0.2) is 0 Å². The van der Waals surface area contributed by atoms with Gasteiger partial charge in [-0.05, 0) is 31.9 Å². The molecule has 0 saturated heterocycles. The lowest BCUT2D eigenvalue weighted by Crippen LogP contribution is -2.36. The maximum atomic E-state index is 11.7. The Kier molecular flexibility index (Phi) is 3.61. The van der Waals surface area contributed by atoms with E-state index in [1.54, 1.807) is 7.05 Å². The summed E-state index contributed by atoms with van der Waals surface area (Å²) in [4.78, 5) is 16.1. The Morgan fingerprint density at radius 2 is 2.24 bits per heavy atom. The molecule has 0 aromatic carbocycles. The normalized spacial score (nSPS) is 23.4. The molecule has 17 heavy (non-hydrogen) atoms. The molecule has 4 nitrogen and oxygen atoms in total. The number of hydrogen-bond donors (Lipinski definition) is 2. The van der Waals surface area contributed by atoms with Gasteiger partial charge in [-0.1, -0.05) is 12.5 Å². The maximum absolute atomic E-state index is 11.7. The third-order valence-electron chi connectivity index (χ3n) is 3.32. The molecule has 1 saturated carbocycles. The van der Waals surface area contributed by atoms with Crippen molar-refractivity contribution >= 4 is 11.7 Å². The summed E-state index contributed by atoms with van der Waals surface area (Å²) in [6.45, 7) is 1.97. The largest absolute Gasteiger partial charge is 0.367 e. The minimum atomic E-state index is 0.0716. The Bertz CT molecular complexity index is 405. The van der Waals surface area contributed by atoms with Crippen molar-refractivity contribution in [2.75, 3.05) is 12.4 Å². The van der Waals surface area contributed by atoms with Crippen LogP contribution in [0.3, 0.4) is 0 Å².